The molecule has 1 atom stereocenters. The van der Waals surface area contributed by atoms with Gasteiger partial charge in [0.05, 0.1) is 5.66 Å². The Morgan fingerprint density at radius 3 is 1.79 bits per heavy atom. The van der Waals surface area contributed by atoms with Crippen LogP contribution in [0.25, 0.3) is 0 Å². The van der Waals surface area contributed by atoms with Crippen molar-refractivity contribution >= 4 is 23.5 Å². The van der Waals surface area contributed by atoms with E-state index >= 15 is 0 Å². The van der Waals surface area contributed by atoms with Gasteiger partial charge < -0.3 is 4.57 Å². The summed E-state index contributed by atoms with van der Waals surface area (Å²) < 4.78 is 14.2. The van der Waals surface area contributed by atoms with Gasteiger partial charge in [0, 0.05) is 16.5 Å². The van der Waals surface area contributed by atoms with Crippen molar-refractivity contribution < 1.29 is 9.36 Å². The van der Waals surface area contributed by atoms with E-state index in [2.05, 4.69) is 0 Å². The molecule has 24 heavy (non-hydrogen) atoms. The second kappa shape index (κ2) is 7.49. The van der Waals surface area contributed by atoms with Crippen LogP contribution in [-0.2, 0) is 9.36 Å². The molecule has 0 bridgehead atoms. The van der Waals surface area contributed by atoms with Gasteiger partial charge in [-0.2, -0.15) is 0 Å². The van der Waals surface area contributed by atoms with Crippen LogP contribution in [-0.4, -0.2) is 11.4 Å². The van der Waals surface area contributed by atoms with E-state index in [0.29, 0.717) is 0 Å². The van der Waals surface area contributed by atoms with Crippen molar-refractivity contribution in [2.45, 2.75) is 44.7 Å². The molecule has 2 aromatic carbocycles. The summed E-state index contributed by atoms with van der Waals surface area (Å²) >= 11 is 0. The molecule has 3 rings (SSSR count). The van der Waals surface area contributed by atoms with Crippen molar-refractivity contribution in [3.8, 4) is 0 Å². The van der Waals surface area contributed by atoms with E-state index in [4.69, 9.17) is 0 Å². The molecule has 0 radical (unpaired) electrons. The highest BCUT2D eigenvalue weighted by Crippen LogP contribution is 2.50. The third-order valence-corrected chi connectivity index (χ3v) is 8.72. The maximum Gasteiger partial charge on any atom is 0.153 e. The molecule has 1 fully saturated rings. The van der Waals surface area contributed by atoms with Gasteiger partial charge in [-0.1, -0.05) is 79.9 Å². The van der Waals surface area contributed by atoms with Crippen molar-refractivity contribution in [1.82, 2.24) is 0 Å². The number of ketones is 1. The molecule has 0 spiro atoms. The fraction of sp³-hybridized carbons (Fsp3) is 0.381. The Morgan fingerprint density at radius 1 is 0.875 bits per heavy atom. The molecule has 0 aliphatic heterocycles. The molecule has 126 valence electrons. The van der Waals surface area contributed by atoms with Gasteiger partial charge in [-0.25, -0.2) is 0 Å². The first kappa shape index (κ1) is 17.2. The summed E-state index contributed by atoms with van der Waals surface area (Å²) in [5.74, 6) is 0.264. The molecule has 1 aliphatic rings. The van der Waals surface area contributed by atoms with E-state index in [9.17, 15) is 9.36 Å². The van der Waals surface area contributed by atoms with Gasteiger partial charge in [0.2, 0.25) is 0 Å². The molecule has 1 unspecified atom stereocenters. The average Bonchev–Trinajstić information content (AvgIpc) is 2.68. The molecule has 1 aliphatic carbocycles. The van der Waals surface area contributed by atoms with E-state index in [-0.39, 0.29) is 11.7 Å². The third-order valence-electron chi connectivity index (χ3n) is 5.24. The van der Waals surface area contributed by atoms with E-state index in [0.717, 1.165) is 36.3 Å². The predicted molar refractivity (Wildman–Crippen MR) is 101 cm³/mol. The second-order valence-electron chi connectivity index (χ2n) is 6.74. The highest BCUT2D eigenvalue weighted by Gasteiger charge is 2.40. The molecule has 1 saturated carbocycles. The van der Waals surface area contributed by atoms with Gasteiger partial charge in [-0.05, 0) is 19.8 Å². The van der Waals surface area contributed by atoms with Gasteiger partial charge in [0.1, 0.15) is 5.78 Å². The molecule has 0 heterocycles. The first-order valence-corrected chi connectivity index (χ1v) is 10.7. The molecular formula is C21H25O2P. The van der Waals surface area contributed by atoms with Crippen molar-refractivity contribution in [2.75, 3.05) is 0 Å². The molecule has 0 amide bonds. The Bertz CT molecular complexity index is 675. The monoisotopic (exact) mass is 340 g/mol. The minimum atomic E-state index is -2.99. The van der Waals surface area contributed by atoms with Gasteiger partial charge in [-0.15, -0.1) is 0 Å². The molecule has 3 heteroatoms. The maximum atomic E-state index is 14.2. The first-order chi connectivity index (χ1) is 11.6. The van der Waals surface area contributed by atoms with E-state index in [1.807, 2.05) is 67.6 Å². The number of Topliss-reactive ketones (excluding diaryl/α,β-unsaturated/α-hetero) is 1. The van der Waals surface area contributed by atoms with Crippen molar-refractivity contribution in [2.24, 2.45) is 5.92 Å². The standard InChI is InChI=1S/C21H25O2P/c1-17(21(22)18-11-5-2-6-12-18)24(23,19-13-7-3-8-14-19)20-15-9-4-10-16-20/h3-4,7-10,13-18H,2,5-6,11-12H2,1H3. The zero-order valence-corrected chi connectivity index (χ0v) is 15.1. The number of carbonyl (C=O) groups is 1. The number of carbonyl (C=O) groups excluding carboxylic acids is 1. The smallest absolute Gasteiger partial charge is 0.153 e. The summed E-state index contributed by atoms with van der Waals surface area (Å²) in [6, 6.07) is 19.1. The summed E-state index contributed by atoms with van der Waals surface area (Å²) in [7, 11) is -2.99. The van der Waals surface area contributed by atoms with E-state index < -0.39 is 12.8 Å². The van der Waals surface area contributed by atoms with Gasteiger partial charge in [-0.3, -0.25) is 4.79 Å². The van der Waals surface area contributed by atoms with E-state index in [1.165, 1.54) is 6.42 Å². The van der Waals surface area contributed by atoms with Crippen LogP contribution in [0, 0.1) is 5.92 Å². The normalized spacial score (nSPS) is 17.4. The van der Waals surface area contributed by atoms with Crippen molar-refractivity contribution in [3.05, 3.63) is 60.7 Å². The van der Waals surface area contributed by atoms with Crippen LogP contribution >= 0.6 is 7.14 Å². The van der Waals surface area contributed by atoms with Crippen LogP contribution in [0.3, 0.4) is 0 Å². The van der Waals surface area contributed by atoms with Crippen LogP contribution in [0.2, 0.25) is 0 Å². The Hall–Kier alpha value is -1.66. The summed E-state index contributed by atoms with van der Waals surface area (Å²) in [6.07, 6.45) is 5.35. The molecule has 0 aromatic heterocycles. The summed E-state index contributed by atoms with van der Waals surface area (Å²) in [4.78, 5) is 13.1. The first-order valence-electron chi connectivity index (χ1n) is 8.88. The minimum Gasteiger partial charge on any atom is -0.313 e. The van der Waals surface area contributed by atoms with Crippen LogP contribution in [0.1, 0.15) is 39.0 Å². The predicted octanol–water partition coefficient (Wildman–Crippen LogP) is 4.54. The fourth-order valence-electron chi connectivity index (χ4n) is 3.80. The van der Waals surface area contributed by atoms with Crippen LogP contribution in [0.5, 0.6) is 0 Å². The zero-order chi connectivity index (χ0) is 17.0. The minimum absolute atomic E-state index is 0.0782. The topological polar surface area (TPSA) is 34.1 Å². The Balaban J connectivity index is 2.02. The molecule has 0 saturated heterocycles. The summed E-state index contributed by atoms with van der Waals surface area (Å²) in [5.41, 5.74) is -0.467. The van der Waals surface area contributed by atoms with Crippen LogP contribution in [0.4, 0.5) is 0 Å². The van der Waals surface area contributed by atoms with Gasteiger partial charge >= 0.3 is 0 Å². The third kappa shape index (κ3) is 3.26. The molecular weight excluding hydrogens is 315 g/mol. The Morgan fingerprint density at radius 2 is 1.33 bits per heavy atom. The zero-order valence-electron chi connectivity index (χ0n) is 14.2. The molecule has 2 nitrogen and oxygen atoms in total. The van der Waals surface area contributed by atoms with Crippen LogP contribution < -0.4 is 10.6 Å². The van der Waals surface area contributed by atoms with Crippen molar-refractivity contribution in [1.29, 1.82) is 0 Å². The number of hydrogen-bond acceptors (Lipinski definition) is 2. The van der Waals surface area contributed by atoms with Gasteiger partial charge in [0.25, 0.3) is 0 Å². The number of rotatable bonds is 5. The quantitative estimate of drug-likeness (QED) is 0.749. The maximum absolute atomic E-state index is 14.2. The number of hydrogen-bond donors (Lipinski definition) is 0. The highest BCUT2D eigenvalue weighted by molar-refractivity contribution is 7.80. The van der Waals surface area contributed by atoms with E-state index in [1.54, 1.807) is 0 Å². The lowest BCUT2D eigenvalue weighted by molar-refractivity contribution is -0.123. The largest absolute Gasteiger partial charge is 0.313 e. The average molecular weight is 340 g/mol. The van der Waals surface area contributed by atoms with Crippen molar-refractivity contribution in [3.63, 3.8) is 0 Å². The lowest BCUT2D eigenvalue weighted by Crippen LogP contribution is -2.34. The summed E-state index contributed by atoms with van der Waals surface area (Å²) in [6.45, 7) is 1.87. The lowest BCUT2D eigenvalue weighted by Gasteiger charge is -2.29. The molecule has 0 N–H and O–H groups in total. The lowest BCUT2D eigenvalue weighted by atomic mass is 9.85. The van der Waals surface area contributed by atoms with Gasteiger partial charge in [0.15, 0.2) is 7.14 Å². The second-order valence-corrected chi connectivity index (χ2v) is 9.87. The highest BCUT2D eigenvalue weighted by atomic mass is 31.2. The molecule has 2 aromatic rings. The number of benzene rings is 2. The Labute approximate surface area is 144 Å². The Kier molecular flexibility index (Phi) is 5.36. The summed E-state index contributed by atoms with van der Waals surface area (Å²) in [5, 5.41) is 1.57. The fourth-order valence-corrected chi connectivity index (χ4v) is 6.79. The van der Waals surface area contributed by atoms with Crippen LogP contribution in [0.15, 0.2) is 60.7 Å². The SMILES string of the molecule is CC(C(=O)C1CCCCC1)P(=O)(c1ccccc1)c1ccccc1.